The van der Waals surface area contributed by atoms with Crippen molar-refractivity contribution in [3.05, 3.63) is 105 Å². The van der Waals surface area contributed by atoms with E-state index in [1.165, 1.54) is 29.2 Å². The van der Waals surface area contributed by atoms with Gasteiger partial charge in [-0.05, 0) is 66.2 Å². The number of hydrogen-bond acceptors (Lipinski definition) is 3. The molecule has 30 heavy (non-hydrogen) atoms. The molecule has 7 heteroatoms. The van der Waals surface area contributed by atoms with Crippen molar-refractivity contribution in [3.8, 4) is 0 Å². The molecule has 0 bridgehead atoms. The molecular weight excluding hydrogens is 428 g/mol. The van der Waals surface area contributed by atoms with Gasteiger partial charge >= 0.3 is 0 Å². The molecule has 1 aliphatic rings. The predicted octanol–water partition coefficient (Wildman–Crippen LogP) is 5.76. The average Bonchev–Trinajstić information content (AvgIpc) is 3.00. The monoisotopic (exact) mass is 441 g/mol. The van der Waals surface area contributed by atoms with Crippen LogP contribution in [0.4, 0.5) is 10.1 Å². The van der Waals surface area contributed by atoms with Gasteiger partial charge in [-0.3, -0.25) is 14.5 Å². The van der Waals surface area contributed by atoms with Crippen LogP contribution in [0.25, 0.3) is 5.76 Å². The highest BCUT2D eigenvalue weighted by Gasteiger charge is 2.46. The predicted molar refractivity (Wildman–Crippen MR) is 114 cm³/mol. The summed E-state index contributed by atoms with van der Waals surface area (Å²) < 4.78 is 13.4. The van der Waals surface area contributed by atoms with Crippen molar-refractivity contribution in [2.75, 3.05) is 4.90 Å². The van der Waals surface area contributed by atoms with Crippen molar-refractivity contribution >= 4 is 46.3 Å². The lowest BCUT2D eigenvalue weighted by atomic mass is 9.95. The maximum absolute atomic E-state index is 13.4. The van der Waals surface area contributed by atoms with E-state index in [9.17, 15) is 19.1 Å². The van der Waals surface area contributed by atoms with Crippen molar-refractivity contribution in [3.63, 3.8) is 0 Å². The van der Waals surface area contributed by atoms with Gasteiger partial charge in [0, 0.05) is 21.3 Å². The summed E-state index contributed by atoms with van der Waals surface area (Å²) in [4.78, 5) is 27.1. The number of carbonyl (C=O) groups is 2. The molecule has 0 spiro atoms. The number of rotatable bonds is 3. The minimum absolute atomic E-state index is 0.0750. The number of halogens is 3. The Bertz CT molecular complexity index is 1160. The zero-order valence-corrected chi connectivity index (χ0v) is 16.9. The number of anilines is 1. The third-order valence-electron chi connectivity index (χ3n) is 4.85. The second kappa shape index (κ2) is 7.94. The van der Waals surface area contributed by atoms with Gasteiger partial charge in [-0.1, -0.05) is 35.3 Å². The highest BCUT2D eigenvalue weighted by Crippen LogP contribution is 2.42. The first-order chi connectivity index (χ1) is 14.4. The van der Waals surface area contributed by atoms with E-state index in [0.29, 0.717) is 26.9 Å². The molecule has 0 radical (unpaired) electrons. The van der Waals surface area contributed by atoms with Crippen LogP contribution in [0, 0.1) is 5.82 Å². The van der Waals surface area contributed by atoms with Gasteiger partial charge < -0.3 is 5.11 Å². The van der Waals surface area contributed by atoms with Gasteiger partial charge in [0.2, 0.25) is 0 Å². The van der Waals surface area contributed by atoms with Crippen LogP contribution in [0.1, 0.15) is 17.2 Å². The summed E-state index contributed by atoms with van der Waals surface area (Å²) in [6.07, 6.45) is 0. The summed E-state index contributed by atoms with van der Waals surface area (Å²) in [6.45, 7) is 0. The van der Waals surface area contributed by atoms with Gasteiger partial charge in [0.15, 0.2) is 0 Å². The first-order valence-electron chi connectivity index (χ1n) is 8.95. The zero-order valence-electron chi connectivity index (χ0n) is 15.4. The molecule has 1 atom stereocenters. The van der Waals surface area contributed by atoms with Crippen molar-refractivity contribution < 1.29 is 19.1 Å². The fourth-order valence-electron chi connectivity index (χ4n) is 3.42. The topological polar surface area (TPSA) is 57.6 Å². The normalized spacial score (nSPS) is 18.1. The molecule has 1 fully saturated rings. The van der Waals surface area contributed by atoms with E-state index >= 15 is 0 Å². The minimum atomic E-state index is -0.914. The van der Waals surface area contributed by atoms with E-state index < -0.39 is 23.5 Å². The molecule has 150 valence electrons. The van der Waals surface area contributed by atoms with Crippen molar-refractivity contribution in [1.29, 1.82) is 0 Å². The van der Waals surface area contributed by atoms with Gasteiger partial charge in [-0.2, -0.15) is 0 Å². The van der Waals surface area contributed by atoms with Gasteiger partial charge in [-0.15, -0.1) is 0 Å². The quantitative estimate of drug-likeness (QED) is 0.319. The molecule has 0 unspecified atom stereocenters. The third kappa shape index (κ3) is 3.58. The summed E-state index contributed by atoms with van der Waals surface area (Å²) in [5, 5.41) is 11.9. The number of hydrogen-bond donors (Lipinski definition) is 1. The summed E-state index contributed by atoms with van der Waals surface area (Å²) in [5.41, 5.74) is 1.16. The van der Waals surface area contributed by atoms with E-state index in [-0.39, 0.29) is 11.3 Å². The smallest absolute Gasteiger partial charge is 0.300 e. The van der Waals surface area contributed by atoms with Crippen LogP contribution in [0.2, 0.25) is 10.0 Å². The van der Waals surface area contributed by atoms with E-state index in [2.05, 4.69) is 0 Å². The maximum Gasteiger partial charge on any atom is 0.300 e. The van der Waals surface area contributed by atoms with Crippen molar-refractivity contribution in [2.45, 2.75) is 6.04 Å². The lowest BCUT2D eigenvalue weighted by molar-refractivity contribution is -0.132. The first kappa shape index (κ1) is 20.1. The SMILES string of the molecule is O=C1C(=O)N(c2ccc(F)cc2)[C@H](c2ccc(Cl)cc2)C1=C(O)c1ccc(Cl)cc1. The molecule has 3 aromatic carbocycles. The Labute approximate surface area is 181 Å². The Balaban J connectivity index is 1.93. The summed E-state index contributed by atoms with van der Waals surface area (Å²) in [6, 6.07) is 17.2. The molecule has 1 heterocycles. The van der Waals surface area contributed by atoms with E-state index in [4.69, 9.17) is 23.2 Å². The van der Waals surface area contributed by atoms with E-state index in [1.54, 1.807) is 48.5 Å². The molecular formula is C23H14Cl2FNO3. The number of ketones is 1. The van der Waals surface area contributed by atoms with Crippen LogP contribution in [0.3, 0.4) is 0 Å². The number of Topliss-reactive ketones (excluding diaryl/α,β-unsaturated/α-hetero) is 1. The van der Waals surface area contributed by atoms with Crippen LogP contribution in [-0.4, -0.2) is 16.8 Å². The number of nitrogens with zero attached hydrogens (tertiary/aromatic N) is 1. The number of aliphatic hydroxyl groups excluding tert-OH is 1. The maximum atomic E-state index is 13.4. The van der Waals surface area contributed by atoms with Gasteiger partial charge in [-0.25, -0.2) is 4.39 Å². The molecule has 0 saturated carbocycles. The lowest BCUT2D eigenvalue weighted by Gasteiger charge is -2.25. The molecule has 3 aromatic rings. The Kier molecular flexibility index (Phi) is 5.33. The molecule has 4 rings (SSSR count). The second-order valence-electron chi connectivity index (χ2n) is 6.70. The number of benzene rings is 3. The van der Waals surface area contributed by atoms with Crippen LogP contribution in [0.5, 0.6) is 0 Å². The Morgan fingerprint density at radius 1 is 0.833 bits per heavy atom. The standard InChI is InChI=1S/C23H14Cl2FNO3/c24-15-5-1-13(2-6-15)20-19(21(28)14-3-7-16(25)8-4-14)22(29)23(30)27(20)18-11-9-17(26)10-12-18/h1-12,20,28H/t20-/m1/s1. The van der Waals surface area contributed by atoms with Crippen LogP contribution >= 0.6 is 23.2 Å². The lowest BCUT2D eigenvalue weighted by Crippen LogP contribution is -2.29. The number of amides is 1. The van der Waals surface area contributed by atoms with Crippen molar-refractivity contribution in [1.82, 2.24) is 0 Å². The average molecular weight is 442 g/mol. The number of carbonyl (C=O) groups excluding carboxylic acids is 2. The first-order valence-corrected chi connectivity index (χ1v) is 9.70. The fourth-order valence-corrected chi connectivity index (χ4v) is 3.68. The minimum Gasteiger partial charge on any atom is -0.507 e. The van der Waals surface area contributed by atoms with Gasteiger partial charge in [0.1, 0.15) is 11.6 Å². The van der Waals surface area contributed by atoms with Crippen LogP contribution in [0.15, 0.2) is 78.4 Å². The highest BCUT2D eigenvalue weighted by atomic mass is 35.5. The number of aliphatic hydroxyl groups is 1. The van der Waals surface area contributed by atoms with E-state index in [1.807, 2.05) is 0 Å². The molecule has 1 saturated heterocycles. The zero-order chi connectivity index (χ0) is 21.4. The van der Waals surface area contributed by atoms with Gasteiger partial charge in [0.25, 0.3) is 11.7 Å². The largest absolute Gasteiger partial charge is 0.507 e. The Hall–Kier alpha value is -3.15. The second-order valence-corrected chi connectivity index (χ2v) is 7.58. The highest BCUT2D eigenvalue weighted by molar-refractivity contribution is 6.51. The van der Waals surface area contributed by atoms with E-state index in [0.717, 1.165) is 0 Å². The summed E-state index contributed by atoms with van der Waals surface area (Å²) in [7, 11) is 0. The molecule has 1 amide bonds. The third-order valence-corrected chi connectivity index (χ3v) is 5.36. The summed E-state index contributed by atoms with van der Waals surface area (Å²) in [5.74, 6) is -2.46. The molecule has 0 aliphatic carbocycles. The fraction of sp³-hybridized carbons (Fsp3) is 0.0435. The molecule has 4 nitrogen and oxygen atoms in total. The van der Waals surface area contributed by atoms with Crippen LogP contribution in [-0.2, 0) is 9.59 Å². The molecule has 1 aliphatic heterocycles. The van der Waals surface area contributed by atoms with Crippen LogP contribution < -0.4 is 4.90 Å². The Morgan fingerprint density at radius 2 is 1.37 bits per heavy atom. The molecule has 1 N–H and O–H groups in total. The van der Waals surface area contributed by atoms with Crippen molar-refractivity contribution in [2.24, 2.45) is 0 Å². The summed E-state index contributed by atoms with van der Waals surface area (Å²) >= 11 is 11.9. The van der Waals surface area contributed by atoms with Gasteiger partial charge in [0.05, 0.1) is 11.6 Å². The molecule has 0 aromatic heterocycles. The Morgan fingerprint density at radius 3 is 1.93 bits per heavy atom.